The minimum Gasteiger partial charge on any atom is -0.387 e. The lowest BCUT2D eigenvalue weighted by Crippen LogP contribution is -2.64. The van der Waals surface area contributed by atoms with E-state index in [9.17, 15) is 10.2 Å². The van der Waals surface area contributed by atoms with E-state index in [0.717, 1.165) is 0 Å². The Bertz CT molecular complexity index is 206. The van der Waals surface area contributed by atoms with E-state index in [1.807, 2.05) is 6.92 Å². The summed E-state index contributed by atoms with van der Waals surface area (Å²) in [4.78, 5) is 0. The molecular formula is C10H20O5. The predicted octanol–water partition coefficient (Wildman–Crippen LogP) is -0.105. The topological polar surface area (TPSA) is 68.2 Å². The molecule has 1 heterocycles. The average Bonchev–Trinajstić information content (AvgIpc) is 2.25. The molecule has 1 saturated heterocycles. The molecule has 0 spiro atoms. The summed E-state index contributed by atoms with van der Waals surface area (Å²) in [6.07, 6.45) is -2.23. The minimum atomic E-state index is -1.17. The highest BCUT2D eigenvalue weighted by Gasteiger charge is 2.51. The Balaban J connectivity index is 2.87. The normalized spacial score (nSPS) is 46.8. The second kappa shape index (κ2) is 4.76. The van der Waals surface area contributed by atoms with Crippen LogP contribution in [0.2, 0.25) is 0 Å². The fourth-order valence-corrected chi connectivity index (χ4v) is 1.92. The summed E-state index contributed by atoms with van der Waals surface area (Å²) < 4.78 is 15.8. The molecule has 1 rings (SSSR count). The van der Waals surface area contributed by atoms with Crippen molar-refractivity contribution in [1.29, 1.82) is 0 Å². The highest BCUT2D eigenvalue weighted by Crippen LogP contribution is 2.32. The van der Waals surface area contributed by atoms with Crippen molar-refractivity contribution in [1.82, 2.24) is 0 Å². The SMILES string of the molecule is CCC1OC(C)(OC)C(O)C(O)C1OC. The highest BCUT2D eigenvalue weighted by molar-refractivity contribution is 4.95. The molecule has 90 valence electrons. The van der Waals surface area contributed by atoms with Crippen LogP contribution in [0.4, 0.5) is 0 Å². The average molecular weight is 220 g/mol. The molecule has 1 fully saturated rings. The van der Waals surface area contributed by atoms with Crippen LogP contribution in [0.25, 0.3) is 0 Å². The van der Waals surface area contributed by atoms with Crippen LogP contribution in [0.3, 0.4) is 0 Å². The Labute approximate surface area is 89.9 Å². The maximum absolute atomic E-state index is 9.87. The first-order valence-electron chi connectivity index (χ1n) is 5.12. The fraction of sp³-hybridized carbons (Fsp3) is 1.00. The number of aliphatic hydroxyl groups excluding tert-OH is 2. The van der Waals surface area contributed by atoms with Gasteiger partial charge >= 0.3 is 0 Å². The van der Waals surface area contributed by atoms with Crippen molar-refractivity contribution in [2.24, 2.45) is 0 Å². The molecule has 0 amide bonds. The van der Waals surface area contributed by atoms with E-state index in [1.165, 1.54) is 14.2 Å². The molecule has 5 heteroatoms. The highest BCUT2D eigenvalue weighted by atomic mass is 16.7. The lowest BCUT2D eigenvalue weighted by atomic mass is 9.92. The second-order valence-electron chi connectivity index (χ2n) is 3.92. The molecule has 1 aliphatic rings. The van der Waals surface area contributed by atoms with Crippen LogP contribution in [0.15, 0.2) is 0 Å². The second-order valence-corrected chi connectivity index (χ2v) is 3.92. The third kappa shape index (κ3) is 2.16. The Morgan fingerprint density at radius 3 is 2.33 bits per heavy atom. The molecule has 1 aliphatic heterocycles. The van der Waals surface area contributed by atoms with Crippen molar-refractivity contribution < 1.29 is 24.4 Å². The van der Waals surface area contributed by atoms with Crippen LogP contribution in [0.1, 0.15) is 20.3 Å². The van der Waals surface area contributed by atoms with E-state index in [4.69, 9.17) is 14.2 Å². The quantitative estimate of drug-likeness (QED) is 0.695. The Morgan fingerprint density at radius 2 is 1.93 bits per heavy atom. The summed E-state index contributed by atoms with van der Waals surface area (Å²) >= 11 is 0. The van der Waals surface area contributed by atoms with Gasteiger partial charge in [0.1, 0.15) is 18.3 Å². The lowest BCUT2D eigenvalue weighted by Gasteiger charge is -2.47. The van der Waals surface area contributed by atoms with Crippen molar-refractivity contribution in [3.05, 3.63) is 0 Å². The van der Waals surface area contributed by atoms with Crippen LogP contribution in [-0.2, 0) is 14.2 Å². The number of aliphatic hydroxyl groups is 2. The van der Waals surface area contributed by atoms with Crippen LogP contribution in [0, 0.1) is 0 Å². The first-order valence-corrected chi connectivity index (χ1v) is 5.12. The molecule has 5 unspecified atom stereocenters. The zero-order valence-electron chi connectivity index (χ0n) is 9.64. The molecule has 0 saturated carbocycles. The van der Waals surface area contributed by atoms with Gasteiger partial charge in [-0.15, -0.1) is 0 Å². The number of hydrogen-bond donors (Lipinski definition) is 2. The molecular weight excluding hydrogens is 200 g/mol. The van der Waals surface area contributed by atoms with Crippen LogP contribution >= 0.6 is 0 Å². The van der Waals surface area contributed by atoms with Crippen molar-refractivity contribution >= 4 is 0 Å². The van der Waals surface area contributed by atoms with Gasteiger partial charge in [0.05, 0.1) is 6.10 Å². The Hall–Kier alpha value is -0.200. The van der Waals surface area contributed by atoms with Crippen molar-refractivity contribution in [2.75, 3.05) is 14.2 Å². The molecule has 0 aromatic rings. The van der Waals surface area contributed by atoms with Gasteiger partial charge in [-0.3, -0.25) is 0 Å². The number of rotatable bonds is 3. The monoisotopic (exact) mass is 220 g/mol. The van der Waals surface area contributed by atoms with Gasteiger partial charge in [-0.25, -0.2) is 0 Å². The largest absolute Gasteiger partial charge is 0.387 e. The van der Waals surface area contributed by atoms with Crippen LogP contribution in [-0.4, -0.2) is 54.6 Å². The van der Waals surface area contributed by atoms with E-state index >= 15 is 0 Å². The van der Waals surface area contributed by atoms with Crippen molar-refractivity contribution in [3.8, 4) is 0 Å². The first kappa shape index (κ1) is 12.9. The molecule has 0 aromatic heterocycles. The van der Waals surface area contributed by atoms with Gasteiger partial charge in [0.25, 0.3) is 0 Å². The summed E-state index contributed by atoms with van der Waals surface area (Å²) in [5, 5.41) is 19.7. The van der Waals surface area contributed by atoms with E-state index in [-0.39, 0.29) is 6.10 Å². The van der Waals surface area contributed by atoms with Gasteiger partial charge in [0, 0.05) is 14.2 Å². The van der Waals surface area contributed by atoms with Crippen LogP contribution < -0.4 is 0 Å². The van der Waals surface area contributed by atoms with Gasteiger partial charge in [-0.2, -0.15) is 0 Å². The summed E-state index contributed by atoms with van der Waals surface area (Å²) in [7, 11) is 2.93. The smallest absolute Gasteiger partial charge is 0.194 e. The molecule has 2 N–H and O–H groups in total. The minimum absolute atomic E-state index is 0.279. The molecule has 5 atom stereocenters. The first-order chi connectivity index (χ1) is 7.00. The predicted molar refractivity (Wildman–Crippen MR) is 53.4 cm³/mol. The summed E-state index contributed by atoms with van der Waals surface area (Å²) in [5.41, 5.74) is 0. The van der Waals surface area contributed by atoms with Crippen molar-refractivity contribution in [2.45, 2.75) is 50.5 Å². The van der Waals surface area contributed by atoms with E-state index in [2.05, 4.69) is 0 Å². The maximum Gasteiger partial charge on any atom is 0.194 e. The van der Waals surface area contributed by atoms with Gasteiger partial charge in [-0.1, -0.05) is 6.92 Å². The molecule has 5 nitrogen and oxygen atoms in total. The molecule has 0 aromatic carbocycles. The fourth-order valence-electron chi connectivity index (χ4n) is 1.92. The van der Waals surface area contributed by atoms with Crippen molar-refractivity contribution in [3.63, 3.8) is 0 Å². The van der Waals surface area contributed by atoms with Crippen LogP contribution in [0.5, 0.6) is 0 Å². The van der Waals surface area contributed by atoms with Gasteiger partial charge in [0.15, 0.2) is 5.79 Å². The summed E-state index contributed by atoms with van der Waals surface area (Å²) in [6.45, 7) is 3.53. The number of hydrogen-bond acceptors (Lipinski definition) is 5. The van der Waals surface area contributed by atoms with E-state index < -0.39 is 24.1 Å². The lowest BCUT2D eigenvalue weighted by molar-refractivity contribution is -0.348. The summed E-state index contributed by atoms with van der Waals surface area (Å²) in [5.74, 6) is -1.17. The maximum atomic E-state index is 9.87. The summed E-state index contributed by atoms with van der Waals surface area (Å²) in [6, 6.07) is 0. The molecule has 0 aliphatic carbocycles. The molecule has 0 radical (unpaired) electrons. The Kier molecular flexibility index (Phi) is 4.08. The standard InChI is InChI=1S/C10H20O5/c1-5-6-8(13-3)7(11)9(12)10(2,14-4)15-6/h6-9,11-12H,5H2,1-4H3. The molecule has 15 heavy (non-hydrogen) atoms. The van der Waals surface area contributed by atoms with E-state index in [0.29, 0.717) is 6.42 Å². The zero-order chi connectivity index (χ0) is 11.6. The van der Waals surface area contributed by atoms with Gasteiger partial charge in [-0.05, 0) is 13.3 Å². The Morgan fingerprint density at radius 1 is 1.33 bits per heavy atom. The van der Waals surface area contributed by atoms with Gasteiger partial charge < -0.3 is 24.4 Å². The third-order valence-electron chi connectivity index (χ3n) is 3.03. The zero-order valence-corrected chi connectivity index (χ0v) is 9.64. The van der Waals surface area contributed by atoms with Gasteiger partial charge in [0.2, 0.25) is 0 Å². The third-order valence-corrected chi connectivity index (χ3v) is 3.03. The number of methoxy groups -OCH3 is 2. The van der Waals surface area contributed by atoms with E-state index in [1.54, 1.807) is 6.92 Å². The number of ether oxygens (including phenoxy) is 3. The molecule has 0 bridgehead atoms.